The molecule has 15 heavy (non-hydrogen) atoms. The van der Waals surface area contributed by atoms with E-state index in [0.717, 1.165) is 31.2 Å². The molecule has 2 fully saturated rings. The van der Waals surface area contributed by atoms with E-state index >= 15 is 0 Å². The molecule has 1 aliphatic carbocycles. The van der Waals surface area contributed by atoms with Crippen LogP contribution in [0.25, 0.3) is 0 Å². The van der Waals surface area contributed by atoms with Gasteiger partial charge in [0.1, 0.15) is 0 Å². The molecule has 2 aliphatic rings. The second kappa shape index (κ2) is 4.42. The van der Waals surface area contributed by atoms with Crippen LogP contribution in [0, 0.1) is 11.8 Å². The Morgan fingerprint density at radius 1 is 1.20 bits per heavy atom. The number of aliphatic hydroxyl groups is 1. The Hall–Kier alpha value is -0.0800. The highest BCUT2D eigenvalue weighted by Gasteiger charge is 2.48. The first-order chi connectivity index (χ1) is 7.12. The van der Waals surface area contributed by atoms with E-state index in [2.05, 4.69) is 19.2 Å². The third kappa shape index (κ3) is 2.36. The van der Waals surface area contributed by atoms with Crippen LogP contribution in [-0.2, 0) is 0 Å². The van der Waals surface area contributed by atoms with Gasteiger partial charge in [0.05, 0.1) is 5.60 Å². The molecule has 0 aromatic rings. The van der Waals surface area contributed by atoms with Gasteiger partial charge in [0, 0.05) is 6.04 Å². The lowest BCUT2D eigenvalue weighted by Crippen LogP contribution is -2.59. The van der Waals surface area contributed by atoms with Crippen LogP contribution in [0.4, 0.5) is 0 Å². The Bertz CT molecular complexity index is 201. The molecule has 0 spiro atoms. The lowest BCUT2D eigenvalue weighted by atomic mass is 9.62. The van der Waals surface area contributed by atoms with E-state index in [-0.39, 0.29) is 5.60 Å². The normalized spacial score (nSPS) is 42.4. The predicted octanol–water partition coefficient (Wildman–Crippen LogP) is 2.32. The van der Waals surface area contributed by atoms with Gasteiger partial charge >= 0.3 is 0 Å². The van der Waals surface area contributed by atoms with Gasteiger partial charge in [0.15, 0.2) is 0 Å². The van der Waals surface area contributed by atoms with E-state index in [4.69, 9.17) is 0 Å². The first-order valence-electron chi connectivity index (χ1n) is 6.57. The van der Waals surface area contributed by atoms with Gasteiger partial charge in [-0.25, -0.2) is 0 Å². The molecule has 2 heteroatoms. The van der Waals surface area contributed by atoms with E-state index in [1.807, 2.05) is 0 Å². The summed E-state index contributed by atoms with van der Waals surface area (Å²) in [6, 6.07) is 0.370. The van der Waals surface area contributed by atoms with Crippen LogP contribution in [0.3, 0.4) is 0 Å². The van der Waals surface area contributed by atoms with Crippen molar-refractivity contribution in [2.75, 3.05) is 6.54 Å². The van der Waals surface area contributed by atoms with Gasteiger partial charge in [-0.2, -0.15) is 0 Å². The van der Waals surface area contributed by atoms with Crippen molar-refractivity contribution >= 4 is 0 Å². The standard InChI is InChI=1S/C13H25NO/c1-10(2)11-8-13(15,9-11)12-6-4-3-5-7-14-12/h10-12,14-15H,3-9H2,1-2H3. The lowest BCUT2D eigenvalue weighted by molar-refractivity contribution is -0.113. The van der Waals surface area contributed by atoms with Crippen molar-refractivity contribution in [1.29, 1.82) is 0 Å². The van der Waals surface area contributed by atoms with E-state index < -0.39 is 0 Å². The molecular formula is C13H25NO. The van der Waals surface area contributed by atoms with E-state index in [1.54, 1.807) is 0 Å². The van der Waals surface area contributed by atoms with E-state index in [1.165, 1.54) is 25.7 Å². The summed E-state index contributed by atoms with van der Waals surface area (Å²) in [6.07, 6.45) is 7.09. The number of hydrogen-bond acceptors (Lipinski definition) is 2. The molecule has 1 heterocycles. The SMILES string of the molecule is CC(C)C1CC(O)(C2CCCCCN2)C1. The van der Waals surface area contributed by atoms with Crippen LogP contribution in [0.15, 0.2) is 0 Å². The highest BCUT2D eigenvalue weighted by atomic mass is 16.3. The van der Waals surface area contributed by atoms with Gasteiger partial charge in [-0.05, 0) is 44.1 Å². The van der Waals surface area contributed by atoms with Crippen LogP contribution in [0.2, 0.25) is 0 Å². The van der Waals surface area contributed by atoms with Gasteiger partial charge in [0.25, 0.3) is 0 Å². The first kappa shape index (κ1) is 11.4. The maximum absolute atomic E-state index is 10.5. The topological polar surface area (TPSA) is 32.3 Å². The van der Waals surface area contributed by atoms with Gasteiger partial charge in [-0.3, -0.25) is 0 Å². The van der Waals surface area contributed by atoms with Crippen LogP contribution in [-0.4, -0.2) is 23.3 Å². The Morgan fingerprint density at radius 2 is 1.93 bits per heavy atom. The van der Waals surface area contributed by atoms with Crippen molar-refractivity contribution in [1.82, 2.24) is 5.32 Å². The first-order valence-corrected chi connectivity index (χ1v) is 6.57. The third-order valence-electron chi connectivity index (χ3n) is 4.38. The summed E-state index contributed by atoms with van der Waals surface area (Å²) in [7, 11) is 0. The minimum atomic E-state index is -0.376. The van der Waals surface area contributed by atoms with Crippen LogP contribution in [0.5, 0.6) is 0 Å². The second-order valence-corrected chi connectivity index (χ2v) is 5.87. The van der Waals surface area contributed by atoms with E-state index in [9.17, 15) is 5.11 Å². The summed E-state index contributed by atoms with van der Waals surface area (Å²) < 4.78 is 0. The maximum atomic E-state index is 10.5. The van der Waals surface area contributed by atoms with Crippen LogP contribution < -0.4 is 5.32 Å². The molecule has 1 saturated heterocycles. The largest absolute Gasteiger partial charge is 0.388 e. The molecule has 2 rings (SSSR count). The average molecular weight is 211 g/mol. The molecular weight excluding hydrogens is 186 g/mol. The highest BCUT2D eigenvalue weighted by molar-refractivity contribution is 5.03. The molecule has 0 aromatic carbocycles. The fourth-order valence-corrected chi connectivity index (χ4v) is 3.09. The molecule has 2 N–H and O–H groups in total. The van der Waals surface area contributed by atoms with Crippen molar-refractivity contribution < 1.29 is 5.11 Å². The van der Waals surface area contributed by atoms with Crippen LogP contribution in [0.1, 0.15) is 52.4 Å². The molecule has 88 valence electrons. The number of rotatable bonds is 2. The Kier molecular flexibility index (Phi) is 3.36. The van der Waals surface area contributed by atoms with Gasteiger partial charge in [0.2, 0.25) is 0 Å². The van der Waals surface area contributed by atoms with Gasteiger partial charge < -0.3 is 10.4 Å². The molecule has 0 radical (unpaired) electrons. The fraction of sp³-hybridized carbons (Fsp3) is 1.00. The number of hydrogen-bond donors (Lipinski definition) is 2. The van der Waals surface area contributed by atoms with Crippen molar-refractivity contribution in [2.45, 2.75) is 64.0 Å². The Morgan fingerprint density at radius 3 is 2.60 bits per heavy atom. The van der Waals surface area contributed by atoms with Crippen molar-refractivity contribution in [3.05, 3.63) is 0 Å². The van der Waals surface area contributed by atoms with Crippen LogP contribution >= 0.6 is 0 Å². The lowest BCUT2D eigenvalue weighted by Gasteiger charge is -2.50. The minimum Gasteiger partial charge on any atom is -0.388 e. The summed E-state index contributed by atoms with van der Waals surface area (Å²) in [5.41, 5.74) is -0.376. The molecule has 0 aromatic heterocycles. The number of nitrogens with one attached hydrogen (secondary N) is 1. The van der Waals surface area contributed by atoms with Gasteiger partial charge in [-0.15, -0.1) is 0 Å². The summed E-state index contributed by atoms with van der Waals surface area (Å²) >= 11 is 0. The highest BCUT2D eigenvalue weighted by Crippen LogP contribution is 2.45. The third-order valence-corrected chi connectivity index (χ3v) is 4.38. The molecule has 1 atom stereocenters. The summed E-state index contributed by atoms with van der Waals surface area (Å²) in [5.74, 6) is 1.48. The molecule has 0 amide bonds. The zero-order chi connectivity index (χ0) is 10.9. The summed E-state index contributed by atoms with van der Waals surface area (Å²) in [5, 5.41) is 14.1. The molecule has 0 bridgehead atoms. The Labute approximate surface area is 93.5 Å². The monoisotopic (exact) mass is 211 g/mol. The smallest absolute Gasteiger partial charge is 0.0805 e. The molecule has 1 aliphatic heterocycles. The fourth-order valence-electron chi connectivity index (χ4n) is 3.09. The van der Waals surface area contributed by atoms with E-state index in [0.29, 0.717) is 6.04 Å². The second-order valence-electron chi connectivity index (χ2n) is 5.87. The van der Waals surface area contributed by atoms with Crippen molar-refractivity contribution in [3.63, 3.8) is 0 Å². The maximum Gasteiger partial charge on any atom is 0.0805 e. The average Bonchev–Trinajstić information content (AvgIpc) is 2.40. The quantitative estimate of drug-likeness (QED) is 0.734. The molecule has 1 unspecified atom stereocenters. The van der Waals surface area contributed by atoms with Crippen molar-refractivity contribution in [2.24, 2.45) is 11.8 Å². The predicted molar refractivity (Wildman–Crippen MR) is 62.8 cm³/mol. The van der Waals surface area contributed by atoms with Gasteiger partial charge in [-0.1, -0.05) is 26.7 Å². The molecule has 1 saturated carbocycles. The van der Waals surface area contributed by atoms with Crippen molar-refractivity contribution in [3.8, 4) is 0 Å². The minimum absolute atomic E-state index is 0.370. The molecule has 2 nitrogen and oxygen atoms in total. The zero-order valence-electron chi connectivity index (χ0n) is 10.1. The summed E-state index contributed by atoms with van der Waals surface area (Å²) in [6.45, 7) is 5.63. The Balaban J connectivity index is 1.87. The summed E-state index contributed by atoms with van der Waals surface area (Å²) in [4.78, 5) is 0. The zero-order valence-corrected chi connectivity index (χ0v) is 10.1.